The molecule has 3 rings (SSSR count). The van der Waals surface area contributed by atoms with Crippen molar-refractivity contribution in [2.75, 3.05) is 46.3 Å². The first-order valence-electron chi connectivity index (χ1n) is 8.17. The first-order chi connectivity index (χ1) is 10.2. The lowest BCUT2D eigenvalue weighted by Gasteiger charge is -2.34. The molecular formula is C15H27N5O. The molecule has 1 N–H and O–H groups in total. The van der Waals surface area contributed by atoms with Gasteiger partial charge in [-0.1, -0.05) is 5.16 Å². The van der Waals surface area contributed by atoms with Gasteiger partial charge in [-0.25, -0.2) is 0 Å². The Morgan fingerprint density at radius 1 is 1.29 bits per heavy atom. The smallest absolute Gasteiger partial charge is 0.229 e. The van der Waals surface area contributed by atoms with Gasteiger partial charge in [0.2, 0.25) is 5.89 Å². The molecule has 1 aromatic heterocycles. The summed E-state index contributed by atoms with van der Waals surface area (Å²) >= 11 is 0. The molecule has 2 fully saturated rings. The van der Waals surface area contributed by atoms with Gasteiger partial charge in [-0.05, 0) is 26.8 Å². The van der Waals surface area contributed by atoms with Crippen LogP contribution < -0.4 is 5.32 Å². The van der Waals surface area contributed by atoms with Gasteiger partial charge in [0.1, 0.15) is 0 Å². The highest BCUT2D eigenvalue weighted by Gasteiger charge is 2.29. The maximum atomic E-state index is 5.28. The number of piperazine rings is 1. The molecule has 0 aromatic carbocycles. The first kappa shape index (κ1) is 14.9. The van der Waals surface area contributed by atoms with Gasteiger partial charge in [-0.2, -0.15) is 4.98 Å². The van der Waals surface area contributed by atoms with Crippen molar-refractivity contribution >= 4 is 0 Å². The molecule has 0 spiro atoms. The van der Waals surface area contributed by atoms with Crippen molar-refractivity contribution in [1.29, 1.82) is 0 Å². The molecule has 118 valence electrons. The Hall–Kier alpha value is -0.980. The zero-order valence-electron chi connectivity index (χ0n) is 13.2. The highest BCUT2D eigenvalue weighted by molar-refractivity contribution is 5.01. The third-order valence-corrected chi connectivity index (χ3v) is 4.38. The van der Waals surface area contributed by atoms with Crippen LogP contribution in [-0.4, -0.2) is 72.3 Å². The number of likely N-dealkylation sites (N-methyl/N-ethyl adjacent to an activating group) is 1. The molecule has 1 saturated heterocycles. The summed E-state index contributed by atoms with van der Waals surface area (Å²) in [5.74, 6) is 2.24. The highest BCUT2D eigenvalue weighted by Crippen LogP contribution is 2.38. The van der Waals surface area contributed by atoms with E-state index in [-0.39, 0.29) is 0 Å². The van der Waals surface area contributed by atoms with Crippen molar-refractivity contribution in [3.63, 3.8) is 0 Å². The van der Waals surface area contributed by atoms with Gasteiger partial charge in [-0.3, -0.25) is 4.90 Å². The van der Waals surface area contributed by atoms with Gasteiger partial charge < -0.3 is 14.7 Å². The average molecular weight is 293 g/mol. The third kappa shape index (κ3) is 4.49. The zero-order valence-corrected chi connectivity index (χ0v) is 13.2. The van der Waals surface area contributed by atoms with Crippen LogP contribution in [0.2, 0.25) is 0 Å². The van der Waals surface area contributed by atoms with Crippen molar-refractivity contribution in [2.24, 2.45) is 0 Å². The predicted octanol–water partition coefficient (Wildman–Crippen LogP) is 0.715. The van der Waals surface area contributed by atoms with Crippen LogP contribution in [0.15, 0.2) is 4.52 Å². The van der Waals surface area contributed by atoms with Gasteiger partial charge in [0.05, 0.1) is 0 Å². The Morgan fingerprint density at radius 2 is 2.05 bits per heavy atom. The molecule has 0 bridgehead atoms. The van der Waals surface area contributed by atoms with E-state index in [9.17, 15) is 0 Å². The molecule has 1 aromatic rings. The highest BCUT2D eigenvalue weighted by atomic mass is 16.5. The normalized spacial score (nSPS) is 22.6. The Balaban J connectivity index is 1.32. The van der Waals surface area contributed by atoms with Crippen molar-refractivity contribution in [1.82, 2.24) is 25.3 Å². The second kappa shape index (κ2) is 6.85. The van der Waals surface area contributed by atoms with E-state index in [1.807, 2.05) is 0 Å². The Labute approximate surface area is 126 Å². The van der Waals surface area contributed by atoms with E-state index in [4.69, 9.17) is 4.52 Å². The van der Waals surface area contributed by atoms with Crippen LogP contribution in [0.25, 0.3) is 0 Å². The molecule has 6 heteroatoms. The number of nitrogens with zero attached hydrogens (tertiary/aromatic N) is 4. The van der Waals surface area contributed by atoms with E-state index in [2.05, 4.69) is 39.2 Å². The molecule has 1 atom stereocenters. The molecule has 0 amide bonds. The Kier molecular flexibility index (Phi) is 4.87. The van der Waals surface area contributed by atoms with E-state index < -0.39 is 0 Å². The third-order valence-electron chi connectivity index (χ3n) is 4.38. The van der Waals surface area contributed by atoms with Crippen LogP contribution in [0.5, 0.6) is 0 Å². The van der Waals surface area contributed by atoms with Crippen LogP contribution >= 0.6 is 0 Å². The Morgan fingerprint density at radius 3 is 2.76 bits per heavy atom. The van der Waals surface area contributed by atoms with Crippen LogP contribution in [0.3, 0.4) is 0 Å². The van der Waals surface area contributed by atoms with Crippen LogP contribution in [0, 0.1) is 0 Å². The summed E-state index contributed by atoms with van der Waals surface area (Å²) in [7, 11) is 2.19. The number of aromatic nitrogens is 2. The fourth-order valence-corrected chi connectivity index (χ4v) is 2.78. The minimum absolute atomic E-state index is 0.503. The van der Waals surface area contributed by atoms with Crippen LogP contribution in [0.1, 0.15) is 37.4 Å². The number of hydrogen-bond acceptors (Lipinski definition) is 6. The van der Waals surface area contributed by atoms with Gasteiger partial charge in [-0.15, -0.1) is 0 Å². The fraction of sp³-hybridized carbons (Fsp3) is 0.867. The predicted molar refractivity (Wildman–Crippen MR) is 81.4 cm³/mol. The van der Waals surface area contributed by atoms with E-state index in [1.54, 1.807) is 0 Å². The summed E-state index contributed by atoms with van der Waals surface area (Å²) in [6, 6.07) is 0.503. The van der Waals surface area contributed by atoms with Gasteiger partial charge in [0.15, 0.2) is 5.82 Å². The summed E-state index contributed by atoms with van der Waals surface area (Å²) in [5.41, 5.74) is 0. The minimum atomic E-state index is 0.503. The number of hydrogen-bond donors (Lipinski definition) is 1. The first-order valence-corrected chi connectivity index (χ1v) is 8.17. The van der Waals surface area contributed by atoms with E-state index in [1.165, 1.54) is 39.0 Å². The summed E-state index contributed by atoms with van der Waals surface area (Å²) in [4.78, 5) is 9.39. The van der Waals surface area contributed by atoms with Crippen LogP contribution in [0.4, 0.5) is 0 Å². The Bertz CT molecular complexity index is 437. The summed E-state index contributed by atoms with van der Waals surface area (Å²) in [5, 5.41) is 7.62. The van der Waals surface area contributed by atoms with Gasteiger partial charge in [0.25, 0.3) is 0 Å². The molecule has 1 saturated carbocycles. The maximum Gasteiger partial charge on any atom is 0.229 e. The summed E-state index contributed by atoms with van der Waals surface area (Å²) < 4.78 is 5.28. The average Bonchev–Trinajstić information content (AvgIpc) is 3.22. The number of rotatable bonds is 7. The zero-order chi connectivity index (χ0) is 14.7. The van der Waals surface area contributed by atoms with Crippen molar-refractivity contribution in [3.8, 4) is 0 Å². The quantitative estimate of drug-likeness (QED) is 0.799. The van der Waals surface area contributed by atoms with Crippen LogP contribution in [-0.2, 0) is 6.42 Å². The molecule has 2 heterocycles. The second-order valence-corrected chi connectivity index (χ2v) is 6.53. The molecule has 1 aliphatic carbocycles. The van der Waals surface area contributed by atoms with E-state index in [0.29, 0.717) is 12.0 Å². The SMILES string of the molecule is C[C@@H](CN1CCN(C)CC1)NCCc1noc(C2CC2)n1. The van der Waals surface area contributed by atoms with Gasteiger partial charge in [0, 0.05) is 57.6 Å². The second-order valence-electron chi connectivity index (χ2n) is 6.53. The number of nitrogens with one attached hydrogen (secondary N) is 1. The van der Waals surface area contributed by atoms with Crippen molar-refractivity contribution in [3.05, 3.63) is 11.7 Å². The summed E-state index contributed by atoms with van der Waals surface area (Å²) in [6.45, 7) is 9.01. The topological polar surface area (TPSA) is 57.4 Å². The van der Waals surface area contributed by atoms with E-state index >= 15 is 0 Å². The molecule has 0 unspecified atom stereocenters. The standard InChI is InChI=1S/C15H27N5O/c1-12(11-20-9-7-19(2)8-10-20)16-6-5-14-17-15(21-18-14)13-3-4-13/h12-13,16H,3-11H2,1-2H3/t12-/m0/s1. The molecule has 0 radical (unpaired) electrons. The maximum absolute atomic E-state index is 5.28. The monoisotopic (exact) mass is 293 g/mol. The van der Waals surface area contributed by atoms with Crippen molar-refractivity contribution in [2.45, 2.75) is 38.1 Å². The molecule has 6 nitrogen and oxygen atoms in total. The molecule has 2 aliphatic rings. The van der Waals surface area contributed by atoms with Crippen molar-refractivity contribution < 1.29 is 4.52 Å². The fourth-order valence-electron chi connectivity index (χ4n) is 2.78. The minimum Gasteiger partial charge on any atom is -0.339 e. The molecule has 21 heavy (non-hydrogen) atoms. The lowest BCUT2D eigenvalue weighted by atomic mass is 10.2. The van der Waals surface area contributed by atoms with E-state index in [0.717, 1.165) is 31.2 Å². The molecule has 1 aliphatic heterocycles. The largest absolute Gasteiger partial charge is 0.339 e. The van der Waals surface area contributed by atoms with Gasteiger partial charge >= 0.3 is 0 Å². The lowest BCUT2D eigenvalue weighted by molar-refractivity contribution is 0.144. The molecular weight excluding hydrogens is 266 g/mol. The lowest BCUT2D eigenvalue weighted by Crippen LogP contribution is -2.49. The summed E-state index contributed by atoms with van der Waals surface area (Å²) in [6.07, 6.45) is 3.27.